The third kappa shape index (κ3) is 2.78. The van der Waals surface area contributed by atoms with Gasteiger partial charge < -0.3 is 9.64 Å². The lowest BCUT2D eigenvalue weighted by molar-refractivity contribution is 0.0580. The Kier molecular flexibility index (Phi) is 4.41. The predicted octanol–water partition coefficient (Wildman–Crippen LogP) is 6.55. The van der Waals surface area contributed by atoms with Gasteiger partial charge in [-0.3, -0.25) is 4.79 Å². The highest BCUT2D eigenvalue weighted by Crippen LogP contribution is 2.56. The van der Waals surface area contributed by atoms with Crippen molar-refractivity contribution in [2.24, 2.45) is 0 Å². The maximum atomic E-state index is 13.3. The van der Waals surface area contributed by atoms with Gasteiger partial charge in [-0.25, -0.2) is 4.39 Å². The van der Waals surface area contributed by atoms with E-state index in [-0.39, 0.29) is 17.0 Å². The quantitative estimate of drug-likeness (QED) is 0.414. The van der Waals surface area contributed by atoms with Gasteiger partial charge in [0, 0.05) is 29.4 Å². The fourth-order valence-corrected chi connectivity index (χ4v) is 5.81. The molecule has 0 bridgehead atoms. The molecule has 3 aromatic carbocycles. The van der Waals surface area contributed by atoms with Gasteiger partial charge in [-0.15, -0.1) is 0 Å². The van der Waals surface area contributed by atoms with Gasteiger partial charge in [0.1, 0.15) is 11.6 Å². The topological polar surface area (TPSA) is 29.5 Å². The number of ketones is 1. The van der Waals surface area contributed by atoms with E-state index in [9.17, 15) is 9.18 Å². The minimum absolute atomic E-state index is 0.138. The molecule has 6 rings (SSSR count). The molecule has 0 radical (unpaired) electrons. The second-order valence-electron chi connectivity index (χ2n) is 9.88. The molecule has 0 amide bonds. The second kappa shape index (κ2) is 7.17. The zero-order chi connectivity index (χ0) is 23.7. The van der Waals surface area contributed by atoms with Gasteiger partial charge >= 0.3 is 0 Å². The van der Waals surface area contributed by atoms with Crippen LogP contribution in [0.1, 0.15) is 58.4 Å². The Morgan fingerprint density at radius 3 is 2.56 bits per heavy atom. The number of benzene rings is 3. The number of rotatable bonds is 2. The molecule has 34 heavy (non-hydrogen) atoms. The zero-order valence-electron chi connectivity index (χ0n) is 19.6. The van der Waals surface area contributed by atoms with Crippen LogP contribution in [0.4, 0.5) is 10.1 Å². The molecule has 0 saturated carbocycles. The van der Waals surface area contributed by atoms with Gasteiger partial charge in [0.25, 0.3) is 0 Å². The molecule has 3 aromatic rings. The molecule has 3 aliphatic rings. The van der Waals surface area contributed by atoms with Crippen LogP contribution in [-0.2, 0) is 11.8 Å². The van der Waals surface area contributed by atoms with E-state index >= 15 is 0 Å². The maximum absolute atomic E-state index is 13.3. The van der Waals surface area contributed by atoms with Crippen molar-refractivity contribution >= 4 is 23.6 Å². The third-order valence-electron chi connectivity index (χ3n) is 7.69. The number of hydrogen-bond acceptors (Lipinski definition) is 3. The number of ether oxygens (including phenoxy) is 1. The van der Waals surface area contributed by atoms with E-state index in [4.69, 9.17) is 4.74 Å². The zero-order valence-corrected chi connectivity index (χ0v) is 19.6. The number of carbonyl (C=O) groups excluding carboxylic acids is 1. The van der Waals surface area contributed by atoms with E-state index in [0.29, 0.717) is 11.1 Å². The van der Waals surface area contributed by atoms with Crippen molar-refractivity contribution in [2.45, 2.75) is 37.8 Å². The van der Waals surface area contributed by atoms with Crippen molar-refractivity contribution in [2.75, 3.05) is 11.9 Å². The molecular weight excluding hydrogens is 425 g/mol. The Labute approximate surface area is 199 Å². The number of fused-ring (bicyclic) bond motifs is 4. The number of anilines is 1. The molecule has 0 N–H and O–H groups in total. The van der Waals surface area contributed by atoms with Crippen LogP contribution in [0.3, 0.4) is 0 Å². The normalized spacial score (nSPS) is 21.1. The van der Waals surface area contributed by atoms with Crippen molar-refractivity contribution in [3.05, 3.63) is 106 Å². The van der Waals surface area contributed by atoms with Gasteiger partial charge in [0.2, 0.25) is 5.72 Å². The maximum Gasteiger partial charge on any atom is 0.211 e. The molecule has 4 heteroatoms. The summed E-state index contributed by atoms with van der Waals surface area (Å²) >= 11 is 0. The highest BCUT2D eigenvalue weighted by Gasteiger charge is 2.58. The van der Waals surface area contributed by atoms with Crippen molar-refractivity contribution in [3.8, 4) is 5.75 Å². The minimum atomic E-state index is -0.675. The van der Waals surface area contributed by atoms with Crippen LogP contribution in [-0.4, -0.2) is 18.6 Å². The lowest BCUT2D eigenvalue weighted by Crippen LogP contribution is -2.58. The molecule has 0 fully saturated rings. The van der Waals surface area contributed by atoms with Crippen molar-refractivity contribution in [3.63, 3.8) is 0 Å². The summed E-state index contributed by atoms with van der Waals surface area (Å²) in [4.78, 5) is 15.2. The van der Waals surface area contributed by atoms with Gasteiger partial charge in [0.05, 0.1) is 5.41 Å². The van der Waals surface area contributed by atoms with Gasteiger partial charge in [-0.05, 0) is 104 Å². The van der Waals surface area contributed by atoms with Crippen LogP contribution in [0.5, 0.6) is 5.75 Å². The summed E-state index contributed by atoms with van der Waals surface area (Å²) in [6.07, 6.45) is 10.9. The molecule has 170 valence electrons. The lowest BCUT2D eigenvalue weighted by atomic mass is 9.73. The monoisotopic (exact) mass is 451 g/mol. The standard InChI is InChI=1S/C30H26FNO2/c1-29(2)27-24-7-5-4-6-19(24)10-14-25(27)32(3)30(29)17-16-21-18-22(11-15-26(21)34-30)28(33)20-8-12-23(31)13-9-20/h5,7-18H,4,6H2,1-3H3. The van der Waals surface area contributed by atoms with Crippen molar-refractivity contribution < 1.29 is 13.9 Å². The lowest BCUT2D eigenvalue weighted by Gasteiger charge is -2.46. The minimum Gasteiger partial charge on any atom is -0.463 e. The van der Waals surface area contributed by atoms with Crippen LogP contribution >= 0.6 is 0 Å². The average Bonchev–Trinajstić information content (AvgIpc) is 3.02. The average molecular weight is 452 g/mol. The fourth-order valence-electron chi connectivity index (χ4n) is 5.81. The van der Waals surface area contributed by atoms with Gasteiger partial charge in [-0.1, -0.05) is 18.2 Å². The van der Waals surface area contributed by atoms with E-state index in [2.05, 4.69) is 62.2 Å². The summed E-state index contributed by atoms with van der Waals surface area (Å²) < 4.78 is 20.1. The van der Waals surface area contributed by atoms with E-state index in [1.165, 1.54) is 46.6 Å². The van der Waals surface area contributed by atoms with E-state index in [0.717, 1.165) is 24.2 Å². The first-order chi connectivity index (χ1) is 16.3. The molecule has 2 heterocycles. The highest BCUT2D eigenvalue weighted by molar-refractivity contribution is 6.09. The molecule has 1 spiro atoms. The number of carbonyl (C=O) groups is 1. The smallest absolute Gasteiger partial charge is 0.211 e. The fraction of sp³-hybridized carbons (Fsp3) is 0.233. The Morgan fingerprint density at radius 2 is 1.76 bits per heavy atom. The van der Waals surface area contributed by atoms with Crippen LogP contribution < -0.4 is 9.64 Å². The second-order valence-corrected chi connectivity index (χ2v) is 9.88. The molecule has 0 saturated heterocycles. The number of aryl methyl sites for hydroxylation is 1. The van der Waals surface area contributed by atoms with Crippen molar-refractivity contribution in [1.82, 2.24) is 0 Å². The number of likely N-dealkylation sites (N-methyl/N-ethyl adjacent to an activating group) is 1. The van der Waals surface area contributed by atoms with Crippen LogP contribution in [0.15, 0.2) is 66.7 Å². The Balaban J connectivity index is 1.39. The summed E-state index contributed by atoms with van der Waals surface area (Å²) in [5.41, 5.74) is 6.11. The SMILES string of the molecule is CN1c2ccc3c(c2C(C)(C)C12C=Cc1cc(C(=O)c4ccc(F)cc4)ccc1O2)C=CCC3. The molecule has 2 aliphatic heterocycles. The van der Waals surface area contributed by atoms with E-state index < -0.39 is 5.72 Å². The van der Waals surface area contributed by atoms with E-state index in [1.807, 2.05) is 12.1 Å². The molecule has 3 nitrogen and oxygen atoms in total. The van der Waals surface area contributed by atoms with E-state index in [1.54, 1.807) is 6.07 Å². The predicted molar refractivity (Wildman–Crippen MR) is 134 cm³/mol. The summed E-state index contributed by atoms with van der Waals surface area (Å²) in [5, 5.41) is 0. The molecule has 1 unspecified atom stereocenters. The summed E-state index contributed by atoms with van der Waals surface area (Å²) in [5.74, 6) is 0.251. The first kappa shape index (κ1) is 20.9. The molecule has 0 aromatic heterocycles. The number of allylic oxidation sites excluding steroid dienone is 1. The Bertz CT molecular complexity index is 1400. The highest BCUT2D eigenvalue weighted by atomic mass is 19.1. The van der Waals surface area contributed by atoms with Crippen LogP contribution in [0, 0.1) is 5.82 Å². The Morgan fingerprint density at radius 1 is 1.00 bits per heavy atom. The first-order valence-corrected chi connectivity index (χ1v) is 11.7. The van der Waals surface area contributed by atoms with Gasteiger partial charge in [0.15, 0.2) is 5.78 Å². The molecular formula is C30H26FNO2. The third-order valence-corrected chi connectivity index (χ3v) is 7.69. The van der Waals surface area contributed by atoms with Crippen LogP contribution in [0.2, 0.25) is 0 Å². The largest absolute Gasteiger partial charge is 0.463 e. The Hall–Kier alpha value is -3.66. The first-order valence-electron chi connectivity index (χ1n) is 11.7. The summed E-state index contributed by atoms with van der Waals surface area (Å²) in [7, 11) is 2.09. The summed E-state index contributed by atoms with van der Waals surface area (Å²) in [6, 6.07) is 15.6. The summed E-state index contributed by atoms with van der Waals surface area (Å²) in [6.45, 7) is 4.50. The number of nitrogens with zero attached hydrogens (tertiary/aromatic N) is 1. The van der Waals surface area contributed by atoms with Crippen molar-refractivity contribution in [1.29, 1.82) is 0 Å². The van der Waals surface area contributed by atoms with Gasteiger partial charge in [-0.2, -0.15) is 0 Å². The van der Waals surface area contributed by atoms with Crippen LogP contribution in [0.25, 0.3) is 12.2 Å². The number of halogens is 1. The molecule has 1 aliphatic carbocycles. The number of hydrogen-bond donors (Lipinski definition) is 0. The molecule has 1 atom stereocenters.